The molecule has 16 heteroatoms. The maximum absolute atomic E-state index is 14.0. The van der Waals surface area contributed by atoms with E-state index in [2.05, 4.69) is 11.9 Å². The predicted molar refractivity (Wildman–Crippen MR) is 199 cm³/mol. The highest BCUT2D eigenvalue weighted by atomic mass is 32.1. The molecule has 0 bridgehead atoms. The topological polar surface area (TPSA) is 141 Å². The third-order valence-corrected chi connectivity index (χ3v) is 11.6. The zero-order valence-corrected chi connectivity index (χ0v) is 32.3. The maximum Gasteiger partial charge on any atom is 0.425 e. The number of carbonyl (C=O) groups excluding carboxylic acids is 2. The van der Waals surface area contributed by atoms with E-state index in [1.165, 1.54) is 37.6 Å². The third-order valence-electron chi connectivity index (χ3n) is 10.7. The second-order valence-corrected chi connectivity index (χ2v) is 15.5. The molecule has 2 aliphatic heterocycles. The number of rotatable bonds is 9. The molecule has 3 N–H and O–H groups in total. The van der Waals surface area contributed by atoms with Gasteiger partial charge in [-0.1, -0.05) is 44.9 Å². The molecule has 4 unspecified atom stereocenters. The van der Waals surface area contributed by atoms with E-state index >= 15 is 0 Å². The number of carboxylic acid groups (broad SMARTS) is 1. The highest BCUT2D eigenvalue weighted by molar-refractivity contribution is 7.10. The number of halogens is 5. The number of likely N-dealkylation sites (tertiary alicyclic amines) is 2. The van der Waals surface area contributed by atoms with Gasteiger partial charge in [-0.05, 0) is 75.0 Å². The number of carbonyl (C=O) groups is 3. The van der Waals surface area contributed by atoms with E-state index in [0.717, 1.165) is 23.3 Å². The normalized spacial score (nSPS) is 22.0. The van der Waals surface area contributed by atoms with Gasteiger partial charge in [0.25, 0.3) is 18.8 Å². The number of aromatic hydroxyl groups is 1. The first-order valence-electron chi connectivity index (χ1n) is 18.8. The Balaban J connectivity index is 0.000000457. The van der Waals surface area contributed by atoms with Crippen molar-refractivity contribution in [2.24, 2.45) is 17.8 Å². The second kappa shape index (κ2) is 20.2. The minimum atomic E-state index is -4.33. The number of hydrogen-bond acceptors (Lipinski definition) is 8. The van der Waals surface area contributed by atoms with E-state index in [4.69, 9.17) is 19.7 Å². The number of ether oxygens (including phenoxy) is 1. The van der Waals surface area contributed by atoms with Crippen LogP contribution < -0.4 is 4.74 Å². The molecule has 2 amide bonds. The summed E-state index contributed by atoms with van der Waals surface area (Å²) in [6.07, 6.45) is 1.15. The summed E-state index contributed by atoms with van der Waals surface area (Å²) in [6, 6.07) is 10.6. The Bertz CT molecular complexity index is 1730. The van der Waals surface area contributed by atoms with Crippen LogP contribution in [0.2, 0.25) is 0 Å². The van der Waals surface area contributed by atoms with Gasteiger partial charge in [-0.15, -0.1) is 11.3 Å². The Labute approximate surface area is 327 Å². The van der Waals surface area contributed by atoms with Crippen LogP contribution in [0.25, 0.3) is 0 Å². The van der Waals surface area contributed by atoms with Crippen LogP contribution in [-0.4, -0.2) is 80.7 Å². The number of aromatic nitrogens is 1. The lowest BCUT2D eigenvalue weighted by molar-refractivity contribution is -0.143. The van der Waals surface area contributed by atoms with Crippen LogP contribution in [0, 0.1) is 17.8 Å². The van der Waals surface area contributed by atoms with Crippen molar-refractivity contribution >= 4 is 29.6 Å². The first kappa shape index (κ1) is 44.4. The van der Waals surface area contributed by atoms with Crippen molar-refractivity contribution in [3.05, 3.63) is 75.7 Å². The number of thiophene rings is 1. The summed E-state index contributed by atoms with van der Waals surface area (Å²) in [7, 11) is 0. The first-order valence-corrected chi connectivity index (χ1v) is 19.7. The average molecular weight is 812 g/mol. The fraction of sp³-hybridized carbons (Fsp3) is 0.550. The number of nitrogens with zero attached hydrogens (tertiary/aromatic N) is 3. The van der Waals surface area contributed by atoms with Crippen LogP contribution in [0.4, 0.5) is 22.0 Å². The number of aliphatic hydroxyl groups is 1. The summed E-state index contributed by atoms with van der Waals surface area (Å²) < 4.78 is 68.7. The van der Waals surface area contributed by atoms with Gasteiger partial charge in [0.05, 0.1) is 18.1 Å². The van der Waals surface area contributed by atoms with Crippen molar-refractivity contribution in [1.82, 2.24) is 14.8 Å². The Hall–Kier alpha value is -4.31. The van der Waals surface area contributed by atoms with Gasteiger partial charge in [0.2, 0.25) is 5.91 Å². The molecule has 56 heavy (non-hydrogen) atoms. The molecule has 4 atom stereocenters. The molecule has 0 spiro atoms. The zero-order valence-electron chi connectivity index (χ0n) is 31.5. The third kappa shape index (κ3) is 11.4. The molecule has 308 valence electrons. The van der Waals surface area contributed by atoms with Crippen molar-refractivity contribution in [3.63, 3.8) is 0 Å². The zero-order chi connectivity index (χ0) is 41.0. The highest BCUT2D eigenvalue weighted by Gasteiger charge is 2.44. The number of benzene rings is 1. The van der Waals surface area contributed by atoms with Crippen molar-refractivity contribution in [1.29, 1.82) is 0 Å². The van der Waals surface area contributed by atoms with Crippen LogP contribution in [0.1, 0.15) is 105 Å². The van der Waals surface area contributed by atoms with E-state index < -0.39 is 34.9 Å². The Morgan fingerprint density at radius 2 is 1.79 bits per heavy atom. The van der Waals surface area contributed by atoms with Crippen LogP contribution in [0.15, 0.2) is 54.0 Å². The quantitative estimate of drug-likeness (QED) is 0.144. The largest absolute Gasteiger partial charge is 0.507 e. The van der Waals surface area contributed by atoms with Gasteiger partial charge in [0.15, 0.2) is 0 Å². The highest BCUT2D eigenvalue weighted by Crippen LogP contribution is 2.41. The smallest absolute Gasteiger partial charge is 0.425 e. The molecule has 2 aromatic heterocycles. The summed E-state index contributed by atoms with van der Waals surface area (Å²) in [5.41, 5.74) is -0.943. The summed E-state index contributed by atoms with van der Waals surface area (Å²) in [6.45, 7) is 5.87. The maximum atomic E-state index is 14.0. The van der Waals surface area contributed by atoms with Gasteiger partial charge < -0.3 is 29.9 Å². The Morgan fingerprint density at radius 1 is 1.09 bits per heavy atom. The molecular formula is C40H50F5N3O7S. The Kier molecular flexibility index (Phi) is 16.0. The summed E-state index contributed by atoms with van der Waals surface area (Å²) in [5.74, 6) is 0.647. The van der Waals surface area contributed by atoms with Gasteiger partial charge >= 0.3 is 6.18 Å². The van der Waals surface area contributed by atoms with Gasteiger partial charge in [0, 0.05) is 54.4 Å². The molecule has 1 aromatic carbocycles. The Morgan fingerprint density at radius 3 is 2.36 bits per heavy atom. The number of piperidine rings is 2. The number of para-hydroxylation sites is 1. The minimum absolute atomic E-state index is 0.0343. The number of hydrogen-bond donors (Lipinski definition) is 3. The molecule has 2 saturated heterocycles. The second-order valence-electron chi connectivity index (χ2n) is 14.6. The summed E-state index contributed by atoms with van der Waals surface area (Å²) in [4.78, 5) is 42.5. The summed E-state index contributed by atoms with van der Waals surface area (Å²) >= 11 is 0.481. The lowest BCUT2D eigenvalue weighted by atomic mass is 9.81. The van der Waals surface area contributed by atoms with E-state index in [0.29, 0.717) is 87.4 Å². The fourth-order valence-corrected chi connectivity index (χ4v) is 8.53. The van der Waals surface area contributed by atoms with Crippen LogP contribution in [0.5, 0.6) is 11.5 Å². The summed E-state index contributed by atoms with van der Waals surface area (Å²) in [5, 5.41) is 28.2. The molecule has 0 radical (unpaired) electrons. The van der Waals surface area contributed by atoms with E-state index in [9.17, 15) is 36.6 Å². The molecular weight excluding hydrogens is 762 g/mol. The van der Waals surface area contributed by atoms with Gasteiger partial charge in [-0.2, -0.15) is 13.2 Å². The number of pyridine rings is 1. The van der Waals surface area contributed by atoms with Crippen molar-refractivity contribution in [3.8, 4) is 11.5 Å². The number of alkyl halides is 5. The average Bonchev–Trinajstić information content (AvgIpc) is 3.82. The molecule has 10 nitrogen and oxygen atoms in total. The molecule has 3 aliphatic rings. The van der Waals surface area contributed by atoms with Gasteiger partial charge in [-0.3, -0.25) is 19.4 Å². The molecule has 6 rings (SSSR count). The lowest BCUT2D eigenvalue weighted by Crippen LogP contribution is -2.55. The predicted octanol–water partition coefficient (Wildman–Crippen LogP) is 8.54. The standard InChI is InChI=1S/C34H45F2N3O4.C5H3F3OS.CH2O2/c1-3-8-28-25(10-7-18-39(28)33(41)30-26(31(35)36)9-6-17-37-30)32(40)38-19-15-34(42,16-20-38)27-11-4-5-12-29(27)43-22-24-14-13-23(2)21-24;6-5(7,8)4-1-3(9)2-10-4;2-1-3/h4-6,9,11-12,17,23-25,28,31,42H,3,7-8,10,13-16,18-22H2,1-2H3;1-2,9H;1H,(H,2,3). The van der Waals surface area contributed by atoms with E-state index in [1.54, 1.807) is 4.90 Å². The van der Waals surface area contributed by atoms with Crippen LogP contribution in [-0.2, 0) is 21.4 Å². The SMILES string of the molecule is CCCC1C(C(=O)N2CCC(O)(c3ccccc3OCC3CCC(C)C3)CC2)CCCN1C(=O)c1ncccc1C(F)F.O=CO.Oc1csc(C(F)(F)F)c1. The first-order chi connectivity index (χ1) is 26.6. The van der Waals surface area contributed by atoms with E-state index in [1.807, 2.05) is 36.1 Å². The van der Waals surface area contributed by atoms with E-state index in [-0.39, 0.29) is 35.4 Å². The van der Waals surface area contributed by atoms with Crippen molar-refractivity contribution < 1.29 is 56.4 Å². The van der Waals surface area contributed by atoms with Crippen LogP contribution in [0.3, 0.4) is 0 Å². The molecule has 4 heterocycles. The van der Waals surface area contributed by atoms with Gasteiger partial charge in [0.1, 0.15) is 22.1 Å². The molecule has 3 fully saturated rings. The van der Waals surface area contributed by atoms with Crippen molar-refractivity contribution in [2.45, 2.75) is 95.9 Å². The molecule has 1 saturated carbocycles. The fourth-order valence-electron chi connectivity index (χ4n) is 7.90. The molecule has 1 aliphatic carbocycles. The minimum Gasteiger partial charge on any atom is -0.507 e. The van der Waals surface area contributed by atoms with Crippen LogP contribution >= 0.6 is 11.3 Å². The van der Waals surface area contributed by atoms with Crippen molar-refractivity contribution in [2.75, 3.05) is 26.2 Å². The lowest BCUT2D eigenvalue weighted by Gasteiger charge is -2.45. The molecule has 3 aromatic rings. The monoisotopic (exact) mass is 811 g/mol. The number of amides is 2. The van der Waals surface area contributed by atoms with Gasteiger partial charge in [-0.25, -0.2) is 8.78 Å².